The highest BCUT2D eigenvalue weighted by molar-refractivity contribution is 5.77. The van der Waals surface area contributed by atoms with Crippen LogP contribution in [0.4, 0.5) is 0 Å². The number of likely N-dealkylation sites (tertiary alicyclic amines) is 1. The molecule has 0 bridgehead atoms. The fraction of sp³-hybridized carbons (Fsp3) is 0.917. The highest BCUT2D eigenvalue weighted by Gasteiger charge is 2.35. The van der Waals surface area contributed by atoms with Gasteiger partial charge in [0.2, 0.25) is 5.91 Å². The lowest BCUT2D eigenvalue weighted by Crippen LogP contribution is -2.43. The smallest absolute Gasteiger partial charge is 0.224 e. The zero-order valence-corrected chi connectivity index (χ0v) is 10.1. The second kappa shape index (κ2) is 4.72. The second-order valence-electron chi connectivity index (χ2n) is 5.23. The van der Waals surface area contributed by atoms with Crippen molar-refractivity contribution in [3.05, 3.63) is 0 Å². The molecule has 2 N–H and O–H groups in total. The van der Waals surface area contributed by atoms with Gasteiger partial charge in [-0.05, 0) is 19.3 Å². The molecule has 1 heterocycles. The van der Waals surface area contributed by atoms with Crippen LogP contribution in [-0.4, -0.2) is 42.6 Å². The van der Waals surface area contributed by atoms with Crippen molar-refractivity contribution in [2.75, 3.05) is 20.2 Å². The molecule has 4 heteroatoms. The van der Waals surface area contributed by atoms with Crippen LogP contribution >= 0.6 is 0 Å². The minimum Gasteiger partial charge on any atom is -0.380 e. The van der Waals surface area contributed by atoms with Gasteiger partial charge >= 0.3 is 0 Å². The van der Waals surface area contributed by atoms with E-state index >= 15 is 0 Å². The Kier molecular flexibility index (Phi) is 3.50. The zero-order valence-electron chi connectivity index (χ0n) is 10.1. The van der Waals surface area contributed by atoms with Crippen LogP contribution in [0.15, 0.2) is 0 Å². The minimum absolute atomic E-state index is 0.212. The summed E-state index contributed by atoms with van der Waals surface area (Å²) in [6.45, 7) is 1.57. The molecular formula is C12H22N2O2. The van der Waals surface area contributed by atoms with Crippen molar-refractivity contribution in [2.45, 2.75) is 50.2 Å². The predicted octanol–water partition coefficient (Wildman–Crippen LogP) is 0.895. The Morgan fingerprint density at radius 3 is 2.75 bits per heavy atom. The van der Waals surface area contributed by atoms with E-state index in [1.807, 2.05) is 4.90 Å². The van der Waals surface area contributed by atoms with Gasteiger partial charge in [0.15, 0.2) is 0 Å². The van der Waals surface area contributed by atoms with Crippen LogP contribution in [0.1, 0.15) is 38.5 Å². The van der Waals surface area contributed by atoms with Crippen LogP contribution in [0.2, 0.25) is 0 Å². The monoisotopic (exact) mass is 226 g/mol. The first-order valence-electron chi connectivity index (χ1n) is 6.22. The molecule has 1 atom stereocenters. The van der Waals surface area contributed by atoms with Gasteiger partial charge in [0, 0.05) is 32.2 Å². The average Bonchev–Trinajstić information content (AvgIpc) is 2.86. The number of hydrogen-bond acceptors (Lipinski definition) is 3. The summed E-state index contributed by atoms with van der Waals surface area (Å²) in [6, 6.07) is 0. The van der Waals surface area contributed by atoms with Crippen molar-refractivity contribution in [3.63, 3.8) is 0 Å². The summed E-state index contributed by atoms with van der Waals surface area (Å²) in [4.78, 5) is 14.0. The van der Waals surface area contributed by atoms with E-state index < -0.39 is 0 Å². The van der Waals surface area contributed by atoms with Crippen molar-refractivity contribution in [2.24, 2.45) is 5.73 Å². The van der Waals surface area contributed by atoms with Gasteiger partial charge in [-0.3, -0.25) is 4.79 Å². The third kappa shape index (κ3) is 2.55. The fourth-order valence-electron chi connectivity index (χ4n) is 2.82. The molecule has 0 spiro atoms. The highest BCUT2D eigenvalue weighted by Crippen LogP contribution is 2.31. The molecule has 4 nitrogen and oxygen atoms in total. The van der Waals surface area contributed by atoms with Crippen LogP contribution < -0.4 is 5.73 Å². The summed E-state index contributed by atoms with van der Waals surface area (Å²) in [5.74, 6) is 0.212. The van der Waals surface area contributed by atoms with Crippen LogP contribution in [-0.2, 0) is 9.53 Å². The molecule has 0 aromatic rings. The normalized spacial score (nSPS) is 28.6. The molecule has 1 unspecified atom stereocenters. The van der Waals surface area contributed by atoms with Gasteiger partial charge in [-0.15, -0.1) is 0 Å². The van der Waals surface area contributed by atoms with Crippen molar-refractivity contribution in [1.29, 1.82) is 0 Å². The molecule has 1 aliphatic carbocycles. The van der Waals surface area contributed by atoms with Crippen LogP contribution in [0.5, 0.6) is 0 Å². The van der Waals surface area contributed by atoms with E-state index in [2.05, 4.69) is 0 Å². The standard InChI is InChI=1S/C12H22N2O2/c1-16-10-4-7-14(9-10)11(15)8-12(13)5-2-3-6-12/h10H,2-9,13H2,1H3. The van der Waals surface area contributed by atoms with Crippen molar-refractivity contribution in [1.82, 2.24) is 4.90 Å². The van der Waals surface area contributed by atoms with E-state index in [9.17, 15) is 4.79 Å². The fourth-order valence-corrected chi connectivity index (χ4v) is 2.82. The first kappa shape index (κ1) is 11.9. The number of nitrogens with zero attached hydrogens (tertiary/aromatic N) is 1. The van der Waals surface area contributed by atoms with Gasteiger partial charge in [-0.1, -0.05) is 12.8 Å². The molecule has 2 rings (SSSR count). The predicted molar refractivity (Wildman–Crippen MR) is 62.0 cm³/mol. The van der Waals surface area contributed by atoms with Gasteiger partial charge in [0.25, 0.3) is 0 Å². The van der Waals surface area contributed by atoms with Gasteiger partial charge in [0.05, 0.1) is 6.10 Å². The second-order valence-corrected chi connectivity index (χ2v) is 5.23. The Morgan fingerprint density at radius 2 is 2.19 bits per heavy atom. The molecule has 2 fully saturated rings. The quantitative estimate of drug-likeness (QED) is 0.777. The summed E-state index contributed by atoms with van der Waals surface area (Å²) < 4.78 is 5.26. The summed E-state index contributed by atoms with van der Waals surface area (Å²) in [6.07, 6.45) is 6.04. The maximum absolute atomic E-state index is 12.1. The third-order valence-electron chi connectivity index (χ3n) is 3.93. The number of hydrogen-bond donors (Lipinski definition) is 1. The summed E-state index contributed by atoms with van der Waals surface area (Å²) in [7, 11) is 1.71. The van der Waals surface area contributed by atoms with Crippen molar-refractivity contribution >= 4 is 5.91 Å². The summed E-state index contributed by atoms with van der Waals surface area (Å²) in [5.41, 5.74) is 6.00. The summed E-state index contributed by atoms with van der Waals surface area (Å²) in [5, 5.41) is 0. The van der Waals surface area contributed by atoms with E-state index in [0.717, 1.165) is 32.4 Å². The molecule has 0 aromatic carbocycles. The van der Waals surface area contributed by atoms with Crippen LogP contribution in [0.3, 0.4) is 0 Å². The Morgan fingerprint density at radius 1 is 1.50 bits per heavy atom. The maximum atomic E-state index is 12.1. The van der Waals surface area contributed by atoms with E-state index in [4.69, 9.17) is 10.5 Å². The molecule has 92 valence electrons. The third-order valence-corrected chi connectivity index (χ3v) is 3.93. The average molecular weight is 226 g/mol. The molecule has 0 aromatic heterocycles. The molecule has 2 aliphatic rings. The molecule has 1 saturated carbocycles. The number of amides is 1. The Balaban J connectivity index is 1.84. The first-order valence-corrected chi connectivity index (χ1v) is 6.22. The number of ether oxygens (including phenoxy) is 1. The number of carbonyl (C=O) groups is 1. The molecule has 16 heavy (non-hydrogen) atoms. The lowest BCUT2D eigenvalue weighted by atomic mass is 9.94. The van der Waals surface area contributed by atoms with Crippen LogP contribution in [0.25, 0.3) is 0 Å². The molecule has 1 aliphatic heterocycles. The van der Waals surface area contributed by atoms with E-state index in [1.54, 1.807) is 7.11 Å². The number of nitrogens with two attached hydrogens (primary N) is 1. The SMILES string of the molecule is COC1CCN(C(=O)CC2(N)CCCC2)C1. The van der Waals surface area contributed by atoms with E-state index in [0.29, 0.717) is 6.42 Å². The van der Waals surface area contributed by atoms with E-state index in [-0.39, 0.29) is 17.6 Å². The van der Waals surface area contributed by atoms with Gasteiger partial charge in [-0.25, -0.2) is 0 Å². The molecular weight excluding hydrogens is 204 g/mol. The summed E-state index contributed by atoms with van der Waals surface area (Å²) >= 11 is 0. The van der Waals surface area contributed by atoms with E-state index in [1.165, 1.54) is 12.8 Å². The van der Waals surface area contributed by atoms with Crippen LogP contribution in [0, 0.1) is 0 Å². The number of carbonyl (C=O) groups excluding carboxylic acids is 1. The highest BCUT2D eigenvalue weighted by atomic mass is 16.5. The molecule has 1 saturated heterocycles. The lowest BCUT2D eigenvalue weighted by Gasteiger charge is -2.26. The molecule has 0 radical (unpaired) electrons. The lowest BCUT2D eigenvalue weighted by molar-refractivity contribution is -0.131. The van der Waals surface area contributed by atoms with Crippen molar-refractivity contribution in [3.8, 4) is 0 Å². The Hall–Kier alpha value is -0.610. The zero-order chi connectivity index (χ0) is 11.6. The first-order chi connectivity index (χ1) is 7.63. The van der Waals surface area contributed by atoms with Gasteiger partial charge in [0.1, 0.15) is 0 Å². The van der Waals surface area contributed by atoms with Gasteiger partial charge in [-0.2, -0.15) is 0 Å². The minimum atomic E-state index is -0.220. The number of methoxy groups -OCH3 is 1. The maximum Gasteiger partial charge on any atom is 0.224 e. The number of rotatable bonds is 3. The Bertz CT molecular complexity index is 262. The van der Waals surface area contributed by atoms with Crippen molar-refractivity contribution < 1.29 is 9.53 Å². The van der Waals surface area contributed by atoms with Gasteiger partial charge < -0.3 is 15.4 Å². The Labute approximate surface area is 97.1 Å². The molecule has 1 amide bonds. The topological polar surface area (TPSA) is 55.6 Å². The largest absolute Gasteiger partial charge is 0.380 e.